The average molecular weight is 385 g/mol. The Kier molecular flexibility index (Phi) is 4.41. The normalized spacial score (nSPS) is 10.9. The van der Waals surface area contributed by atoms with Gasteiger partial charge in [0, 0.05) is 6.20 Å². The summed E-state index contributed by atoms with van der Waals surface area (Å²) >= 11 is 12.2. The van der Waals surface area contributed by atoms with E-state index < -0.39 is 0 Å². The fraction of sp³-hybridized carbons (Fsp3) is 0. The lowest BCUT2D eigenvalue weighted by molar-refractivity contribution is 0.628. The molecule has 128 valence electrons. The van der Waals surface area contributed by atoms with Gasteiger partial charge in [-0.05, 0) is 48.5 Å². The number of hydrogen-bond acceptors (Lipinski definition) is 4. The van der Waals surface area contributed by atoms with Crippen molar-refractivity contribution in [2.75, 3.05) is 4.90 Å². The first kappa shape index (κ1) is 16.7. The molecule has 4 rings (SSSR count). The second-order valence-electron chi connectivity index (χ2n) is 5.49. The minimum atomic E-state index is -0.366. The van der Waals surface area contributed by atoms with Crippen LogP contribution in [-0.2, 0) is 0 Å². The SMILES string of the molecule is Fc1cccc(N(c2ccc(Cl)c(Cl)c2)c2ncc3ncccc3n2)c1. The van der Waals surface area contributed by atoms with Gasteiger partial charge in [-0.1, -0.05) is 29.3 Å². The lowest BCUT2D eigenvalue weighted by Crippen LogP contribution is -2.13. The topological polar surface area (TPSA) is 41.9 Å². The van der Waals surface area contributed by atoms with Gasteiger partial charge in [-0.15, -0.1) is 0 Å². The van der Waals surface area contributed by atoms with Crippen molar-refractivity contribution in [1.29, 1.82) is 0 Å². The maximum absolute atomic E-state index is 13.8. The lowest BCUT2D eigenvalue weighted by atomic mass is 10.2. The van der Waals surface area contributed by atoms with Crippen molar-refractivity contribution < 1.29 is 4.39 Å². The highest BCUT2D eigenvalue weighted by Crippen LogP contribution is 2.36. The molecular weight excluding hydrogens is 374 g/mol. The van der Waals surface area contributed by atoms with E-state index >= 15 is 0 Å². The molecule has 4 aromatic rings. The number of rotatable bonds is 3. The minimum Gasteiger partial charge on any atom is -0.279 e. The average Bonchev–Trinajstić information content (AvgIpc) is 2.65. The zero-order valence-electron chi connectivity index (χ0n) is 13.3. The quantitative estimate of drug-likeness (QED) is 0.438. The Morgan fingerprint density at radius 2 is 1.65 bits per heavy atom. The van der Waals surface area contributed by atoms with E-state index in [1.54, 1.807) is 53.7 Å². The molecule has 2 heterocycles. The second kappa shape index (κ2) is 6.86. The Balaban J connectivity index is 1.92. The zero-order chi connectivity index (χ0) is 18.1. The maximum Gasteiger partial charge on any atom is 0.235 e. The molecule has 0 amide bonds. The molecule has 2 aromatic heterocycles. The van der Waals surface area contributed by atoms with Crippen LogP contribution in [0.15, 0.2) is 67.0 Å². The van der Waals surface area contributed by atoms with Crippen molar-refractivity contribution >= 4 is 51.6 Å². The van der Waals surface area contributed by atoms with Gasteiger partial charge < -0.3 is 0 Å². The largest absolute Gasteiger partial charge is 0.279 e. The molecule has 26 heavy (non-hydrogen) atoms. The Morgan fingerprint density at radius 1 is 0.808 bits per heavy atom. The van der Waals surface area contributed by atoms with Crippen LogP contribution in [0.1, 0.15) is 0 Å². The van der Waals surface area contributed by atoms with Crippen LogP contribution in [0.5, 0.6) is 0 Å². The summed E-state index contributed by atoms with van der Waals surface area (Å²) in [6.45, 7) is 0. The first-order valence-corrected chi connectivity index (χ1v) is 8.46. The number of pyridine rings is 1. The Morgan fingerprint density at radius 3 is 2.46 bits per heavy atom. The van der Waals surface area contributed by atoms with Crippen molar-refractivity contribution in [2.45, 2.75) is 0 Å². The number of anilines is 3. The lowest BCUT2D eigenvalue weighted by Gasteiger charge is -2.23. The van der Waals surface area contributed by atoms with Gasteiger partial charge in [0.05, 0.1) is 33.1 Å². The van der Waals surface area contributed by atoms with E-state index in [9.17, 15) is 4.39 Å². The smallest absolute Gasteiger partial charge is 0.235 e. The van der Waals surface area contributed by atoms with Gasteiger partial charge in [-0.25, -0.2) is 14.4 Å². The highest BCUT2D eigenvalue weighted by Gasteiger charge is 2.17. The fourth-order valence-electron chi connectivity index (χ4n) is 2.59. The number of aromatic nitrogens is 3. The molecule has 0 bridgehead atoms. The molecule has 0 aliphatic rings. The van der Waals surface area contributed by atoms with Gasteiger partial charge in [0.1, 0.15) is 11.3 Å². The number of nitrogens with zero attached hydrogens (tertiary/aromatic N) is 4. The Hall–Kier alpha value is -2.76. The van der Waals surface area contributed by atoms with Crippen molar-refractivity contribution in [3.8, 4) is 0 Å². The van der Waals surface area contributed by atoms with Gasteiger partial charge in [0.2, 0.25) is 5.95 Å². The minimum absolute atomic E-state index is 0.366. The standard InChI is InChI=1S/C19H11Cl2FN4/c20-15-7-6-14(10-16(15)21)26(13-4-1-3-12(22)9-13)19-24-11-18-17(25-19)5-2-8-23-18/h1-11H. The molecule has 0 radical (unpaired) electrons. The van der Waals surface area contributed by atoms with E-state index in [-0.39, 0.29) is 5.82 Å². The Bertz CT molecular complexity index is 1100. The second-order valence-corrected chi connectivity index (χ2v) is 6.31. The molecular formula is C19H11Cl2FN4. The zero-order valence-corrected chi connectivity index (χ0v) is 14.8. The molecule has 0 atom stereocenters. The van der Waals surface area contributed by atoms with Crippen molar-refractivity contribution in [1.82, 2.24) is 15.0 Å². The first-order chi connectivity index (χ1) is 12.6. The monoisotopic (exact) mass is 384 g/mol. The Labute approximate surface area is 158 Å². The number of fused-ring (bicyclic) bond motifs is 1. The van der Waals surface area contributed by atoms with Crippen molar-refractivity contribution in [3.05, 3.63) is 82.9 Å². The van der Waals surface area contributed by atoms with E-state index in [1.165, 1.54) is 12.1 Å². The number of halogens is 3. The van der Waals surface area contributed by atoms with Crippen molar-refractivity contribution in [3.63, 3.8) is 0 Å². The van der Waals surface area contributed by atoms with Crippen LogP contribution in [0.25, 0.3) is 11.0 Å². The van der Waals surface area contributed by atoms with Crippen LogP contribution in [0.3, 0.4) is 0 Å². The van der Waals surface area contributed by atoms with Crippen LogP contribution in [-0.4, -0.2) is 15.0 Å². The summed E-state index contributed by atoms with van der Waals surface area (Å²) in [5.74, 6) is 0.00417. The third-order valence-corrected chi connectivity index (χ3v) is 4.51. The van der Waals surface area contributed by atoms with E-state index in [0.717, 1.165) is 0 Å². The molecule has 0 saturated heterocycles. The fourth-order valence-corrected chi connectivity index (χ4v) is 2.88. The number of hydrogen-bond donors (Lipinski definition) is 0. The molecule has 7 heteroatoms. The van der Waals surface area contributed by atoms with Crippen LogP contribution in [0.4, 0.5) is 21.7 Å². The molecule has 0 N–H and O–H groups in total. The van der Waals surface area contributed by atoms with Gasteiger partial charge in [-0.3, -0.25) is 9.88 Å². The van der Waals surface area contributed by atoms with Gasteiger partial charge in [0.25, 0.3) is 0 Å². The predicted octanol–water partition coefficient (Wildman–Crippen LogP) is 5.94. The van der Waals surface area contributed by atoms with Crippen LogP contribution < -0.4 is 4.90 Å². The van der Waals surface area contributed by atoms with E-state index in [4.69, 9.17) is 23.2 Å². The molecule has 0 unspecified atom stereocenters. The molecule has 4 nitrogen and oxygen atoms in total. The molecule has 0 saturated carbocycles. The summed E-state index contributed by atoms with van der Waals surface area (Å²) < 4.78 is 13.8. The van der Waals surface area contributed by atoms with E-state index in [2.05, 4.69) is 15.0 Å². The third kappa shape index (κ3) is 3.19. The van der Waals surface area contributed by atoms with Crippen LogP contribution >= 0.6 is 23.2 Å². The summed E-state index contributed by atoms with van der Waals surface area (Å²) in [6.07, 6.45) is 3.30. The summed E-state index contributed by atoms with van der Waals surface area (Å²) in [4.78, 5) is 14.9. The number of benzene rings is 2. The highest BCUT2D eigenvalue weighted by atomic mass is 35.5. The highest BCUT2D eigenvalue weighted by molar-refractivity contribution is 6.42. The van der Waals surface area contributed by atoms with Crippen LogP contribution in [0.2, 0.25) is 10.0 Å². The van der Waals surface area contributed by atoms with Gasteiger partial charge >= 0.3 is 0 Å². The summed E-state index contributed by atoms with van der Waals surface area (Å²) in [6, 6.07) is 14.9. The third-order valence-electron chi connectivity index (χ3n) is 3.77. The summed E-state index contributed by atoms with van der Waals surface area (Å²) in [5, 5.41) is 0.811. The molecule has 0 aliphatic heterocycles. The van der Waals surface area contributed by atoms with Crippen molar-refractivity contribution in [2.24, 2.45) is 0 Å². The maximum atomic E-state index is 13.8. The molecule has 0 spiro atoms. The summed E-state index contributed by atoms with van der Waals surface area (Å²) in [7, 11) is 0. The van der Waals surface area contributed by atoms with E-state index in [1.807, 2.05) is 6.07 Å². The molecule has 2 aromatic carbocycles. The molecule has 0 fully saturated rings. The molecule has 0 aliphatic carbocycles. The van der Waals surface area contributed by atoms with Gasteiger partial charge in [0.15, 0.2) is 0 Å². The first-order valence-electron chi connectivity index (χ1n) is 7.70. The summed E-state index contributed by atoms with van der Waals surface area (Å²) in [5.41, 5.74) is 2.57. The predicted molar refractivity (Wildman–Crippen MR) is 102 cm³/mol. The van der Waals surface area contributed by atoms with E-state index in [0.29, 0.717) is 38.4 Å². The van der Waals surface area contributed by atoms with Gasteiger partial charge in [-0.2, -0.15) is 0 Å². The van der Waals surface area contributed by atoms with Crippen LogP contribution in [0, 0.1) is 5.82 Å².